The van der Waals surface area contributed by atoms with Crippen molar-refractivity contribution in [1.82, 2.24) is 14.9 Å². The summed E-state index contributed by atoms with van der Waals surface area (Å²) in [6, 6.07) is 12.4. The van der Waals surface area contributed by atoms with Gasteiger partial charge in [0.25, 0.3) is 0 Å². The molecule has 0 aliphatic carbocycles. The van der Waals surface area contributed by atoms with Crippen LogP contribution in [0.15, 0.2) is 54.9 Å². The highest BCUT2D eigenvalue weighted by atomic mass is 35.5. The van der Waals surface area contributed by atoms with E-state index in [1.165, 1.54) is 6.20 Å². The van der Waals surface area contributed by atoms with E-state index >= 15 is 0 Å². The summed E-state index contributed by atoms with van der Waals surface area (Å²) in [5, 5.41) is 16.8. The molecule has 0 aliphatic heterocycles. The van der Waals surface area contributed by atoms with Gasteiger partial charge in [0.1, 0.15) is 18.4 Å². The molecular weight excluding hydrogens is 569 g/mol. The second kappa shape index (κ2) is 13.1. The van der Waals surface area contributed by atoms with E-state index in [9.17, 15) is 23.2 Å². The van der Waals surface area contributed by atoms with Crippen LogP contribution >= 0.6 is 11.6 Å². The molecule has 0 spiro atoms. The van der Waals surface area contributed by atoms with E-state index in [-0.39, 0.29) is 34.5 Å². The molecule has 0 bridgehead atoms. The van der Waals surface area contributed by atoms with Crippen LogP contribution in [0.1, 0.15) is 35.2 Å². The van der Waals surface area contributed by atoms with Gasteiger partial charge in [0.2, 0.25) is 5.91 Å². The number of nitrogens with zero attached hydrogens (tertiary/aromatic N) is 4. The highest BCUT2D eigenvalue weighted by Gasteiger charge is 2.30. The molecule has 42 heavy (non-hydrogen) atoms. The standard InChI is InChI=1S/C30H28ClF3N6O2/c1-18-11-26-23(14-25(18)39-28(41)5-4-10-40(2)3)29(19(15-35)16-37-26)38-21-6-7-27(24(31)13-21)42-17-22-12-20(8-9-36-22)30(32,33)34/h6-9,11-14,16H,4-5,10,17H2,1-3H3,(H,37,38)(H,39,41). The van der Waals surface area contributed by atoms with Crippen molar-refractivity contribution in [3.8, 4) is 11.8 Å². The van der Waals surface area contributed by atoms with Crippen LogP contribution in [-0.2, 0) is 17.6 Å². The van der Waals surface area contributed by atoms with Crippen molar-refractivity contribution < 1.29 is 22.7 Å². The van der Waals surface area contributed by atoms with E-state index in [0.717, 1.165) is 36.9 Å². The smallest absolute Gasteiger partial charge is 0.416 e. The summed E-state index contributed by atoms with van der Waals surface area (Å²) in [6.07, 6.45) is -0.862. The summed E-state index contributed by atoms with van der Waals surface area (Å²) >= 11 is 6.43. The average molecular weight is 597 g/mol. The molecule has 2 aromatic carbocycles. The third-order valence-corrected chi connectivity index (χ3v) is 6.63. The molecule has 2 heterocycles. The number of aryl methyl sites for hydroxylation is 1. The van der Waals surface area contributed by atoms with Crippen molar-refractivity contribution >= 4 is 45.5 Å². The number of pyridine rings is 2. The molecule has 0 saturated carbocycles. The second-order valence-electron chi connectivity index (χ2n) is 9.89. The maximum absolute atomic E-state index is 13.0. The fraction of sp³-hybridized carbons (Fsp3) is 0.267. The number of benzene rings is 2. The molecule has 0 aliphatic rings. The molecule has 4 aromatic rings. The van der Waals surface area contributed by atoms with E-state index in [4.69, 9.17) is 16.3 Å². The Morgan fingerprint density at radius 3 is 2.62 bits per heavy atom. The van der Waals surface area contributed by atoms with Crippen molar-refractivity contribution in [3.05, 3.63) is 82.3 Å². The number of carbonyl (C=O) groups excluding carboxylic acids is 1. The number of aromatic nitrogens is 2. The molecule has 0 saturated heterocycles. The number of ether oxygens (including phenoxy) is 1. The molecule has 4 rings (SSSR count). The third-order valence-electron chi connectivity index (χ3n) is 6.34. The maximum Gasteiger partial charge on any atom is 0.416 e. The van der Waals surface area contributed by atoms with Crippen LogP contribution in [0, 0.1) is 18.3 Å². The Bertz CT molecular complexity index is 1650. The first-order valence-corrected chi connectivity index (χ1v) is 13.3. The monoisotopic (exact) mass is 596 g/mol. The minimum atomic E-state index is -4.49. The zero-order valence-electron chi connectivity index (χ0n) is 23.1. The van der Waals surface area contributed by atoms with Gasteiger partial charge in [0.15, 0.2) is 0 Å². The lowest BCUT2D eigenvalue weighted by Gasteiger charge is -2.16. The second-order valence-corrected chi connectivity index (χ2v) is 10.3. The van der Waals surface area contributed by atoms with Crippen molar-refractivity contribution in [1.29, 1.82) is 5.26 Å². The molecule has 0 fully saturated rings. The Kier molecular flexibility index (Phi) is 9.50. The van der Waals surface area contributed by atoms with Gasteiger partial charge in [-0.1, -0.05) is 11.6 Å². The maximum atomic E-state index is 13.0. The number of amides is 1. The largest absolute Gasteiger partial charge is 0.486 e. The Hall–Kier alpha value is -4.40. The van der Waals surface area contributed by atoms with Crippen LogP contribution in [0.4, 0.5) is 30.2 Å². The molecule has 8 nitrogen and oxygen atoms in total. The van der Waals surface area contributed by atoms with Crippen LogP contribution in [0.3, 0.4) is 0 Å². The topological polar surface area (TPSA) is 103 Å². The van der Waals surface area contributed by atoms with Gasteiger partial charge in [-0.2, -0.15) is 18.4 Å². The van der Waals surface area contributed by atoms with Crippen molar-refractivity contribution in [3.63, 3.8) is 0 Å². The minimum absolute atomic E-state index is 0.0981. The van der Waals surface area contributed by atoms with Crippen molar-refractivity contribution in [2.75, 3.05) is 31.3 Å². The zero-order valence-corrected chi connectivity index (χ0v) is 23.9. The summed E-state index contributed by atoms with van der Waals surface area (Å²) < 4.78 is 44.6. The number of rotatable bonds is 10. The van der Waals surface area contributed by atoms with Crippen molar-refractivity contribution in [2.45, 2.75) is 32.5 Å². The zero-order chi connectivity index (χ0) is 30.4. The third kappa shape index (κ3) is 7.66. The van der Waals surface area contributed by atoms with Crippen LogP contribution in [0.2, 0.25) is 5.02 Å². The van der Waals surface area contributed by atoms with Gasteiger partial charge < -0.3 is 20.3 Å². The van der Waals surface area contributed by atoms with Gasteiger partial charge >= 0.3 is 6.18 Å². The van der Waals surface area contributed by atoms with Gasteiger partial charge in [0.05, 0.1) is 33.0 Å². The SMILES string of the molecule is Cc1cc2ncc(C#N)c(Nc3ccc(OCc4cc(C(F)(F)F)ccn4)c(Cl)c3)c2cc1NC(=O)CCCN(C)C. The molecule has 1 amide bonds. The number of carbonyl (C=O) groups is 1. The number of nitrogens with one attached hydrogen (secondary N) is 2. The van der Waals surface area contributed by atoms with E-state index in [1.807, 2.05) is 32.0 Å². The van der Waals surface area contributed by atoms with Gasteiger partial charge in [-0.15, -0.1) is 0 Å². The molecule has 2 aromatic heterocycles. The van der Waals surface area contributed by atoms with Gasteiger partial charge in [-0.05, 0) is 82.0 Å². The molecule has 0 atom stereocenters. The Labute approximate surface area is 246 Å². The highest BCUT2D eigenvalue weighted by molar-refractivity contribution is 6.32. The molecule has 0 radical (unpaired) electrons. The Morgan fingerprint density at radius 2 is 1.93 bits per heavy atom. The first kappa shape index (κ1) is 30.6. The summed E-state index contributed by atoms with van der Waals surface area (Å²) in [5.41, 5.74) is 2.63. The van der Waals surface area contributed by atoms with Crippen LogP contribution in [-0.4, -0.2) is 41.4 Å². The Balaban J connectivity index is 1.55. The lowest BCUT2D eigenvalue weighted by molar-refractivity contribution is -0.137. The molecule has 0 unspecified atom stereocenters. The lowest BCUT2D eigenvalue weighted by Crippen LogP contribution is -2.17. The predicted molar refractivity (Wildman–Crippen MR) is 156 cm³/mol. The molecule has 12 heteroatoms. The van der Waals surface area contributed by atoms with Gasteiger partial charge in [-0.3, -0.25) is 14.8 Å². The minimum Gasteiger partial charge on any atom is -0.486 e. The quantitative estimate of drug-likeness (QED) is 0.201. The average Bonchev–Trinajstić information content (AvgIpc) is 2.93. The highest BCUT2D eigenvalue weighted by Crippen LogP contribution is 2.35. The summed E-state index contributed by atoms with van der Waals surface area (Å²) in [4.78, 5) is 22.9. The van der Waals surface area contributed by atoms with Gasteiger partial charge in [0, 0.05) is 35.6 Å². The summed E-state index contributed by atoms with van der Waals surface area (Å²) in [6.45, 7) is 2.45. The van der Waals surface area contributed by atoms with Gasteiger partial charge in [-0.25, -0.2) is 0 Å². The van der Waals surface area contributed by atoms with Crippen molar-refractivity contribution in [2.24, 2.45) is 0 Å². The fourth-order valence-electron chi connectivity index (χ4n) is 4.19. The van der Waals surface area contributed by atoms with E-state index in [0.29, 0.717) is 34.4 Å². The molecule has 218 valence electrons. The number of hydrogen-bond acceptors (Lipinski definition) is 7. The summed E-state index contributed by atoms with van der Waals surface area (Å²) in [7, 11) is 3.90. The summed E-state index contributed by atoms with van der Waals surface area (Å²) in [5.74, 6) is 0.136. The normalized spacial score (nSPS) is 11.4. The predicted octanol–water partition coefficient (Wildman–Crippen LogP) is 7.09. The molecule has 2 N–H and O–H groups in total. The van der Waals surface area contributed by atoms with E-state index in [1.54, 1.807) is 24.3 Å². The van der Waals surface area contributed by atoms with Crippen LogP contribution in [0.25, 0.3) is 10.9 Å². The Morgan fingerprint density at radius 1 is 1.14 bits per heavy atom. The number of nitriles is 1. The van der Waals surface area contributed by atoms with E-state index < -0.39 is 11.7 Å². The van der Waals surface area contributed by atoms with Crippen LogP contribution < -0.4 is 15.4 Å². The number of halogens is 4. The first-order chi connectivity index (χ1) is 19.9. The first-order valence-electron chi connectivity index (χ1n) is 12.9. The fourth-order valence-corrected chi connectivity index (χ4v) is 4.43. The lowest BCUT2D eigenvalue weighted by atomic mass is 10.0. The number of hydrogen-bond donors (Lipinski definition) is 2. The van der Waals surface area contributed by atoms with E-state index in [2.05, 4.69) is 26.7 Å². The van der Waals surface area contributed by atoms with Crippen LogP contribution in [0.5, 0.6) is 5.75 Å². The number of anilines is 3. The number of fused-ring (bicyclic) bond motifs is 1. The number of alkyl halides is 3. The molecular formula is C30H28ClF3N6O2.